The van der Waals surface area contributed by atoms with E-state index in [-0.39, 0.29) is 22.6 Å². The van der Waals surface area contributed by atoms with E-state index in [1.165, 1.54) is 7.11 Å². The zero-order chi connectivity index (χ0) is 20.5. The van der Waals surface area contributed by atoms with Crippen molar-refractivity contribution in [3.05, 3.63) is 28.8 Å². The summed E-state index contributed by atoms with van der Waals surface area (Å²) >= 11 is 0. The summed E-state index contributed by atoms with van der Waals surface area (Å²) in [5, 5.41) is 0. The first-order valence-electron chi connectivity index (χ1n) is 9.48. The van der Waals surface area contributed by atoms with Gasteiger partial charge in [0.1, 0.15) is 16.9 Å². The van der Waals surface area contributed by atoms with Gasteiger partial charge in [0.25, 0.3) is 0 Å². The summed E-state index contributed by atoms with van der Waals surface area (Å²) in [5.41, 5.74) is 0.738. The van der Waals surface area contributed by atoms with Gasteiger partial charge < -0.3 is 19.1 Å². The van der Waals surface area contributed by atoms with E-state index in [1.807, 2.05) is 26.8 Å². The number of aldehydes is 1. The second-order valence-corrected chi connectivity index (χ2v) is 8.56. The van der Waals surface area contributed by atoms with Crippen molar-refractivity contribution in [2.75, 3.05) is 26.8 Å². The molecule has 1 aromatic carbocycles. The number of likely N-dealkylation sites (tertiary alicyclic amines) is 1. The van der Waals surface area contributed by atoms with Crippen molar-refractivity contribution in [3.8, 4) is 5.75 Å². The Morgan fingerprint density at radius 1 is 1.21 bits per heavy atom. The number of benzene rings is 1. The van der Waals surface area contributed by atoms with E-state index in [4.69, 9.17) is 14.2 Å². The Hall–Kier alpha value is -2.57. The number of nitrogens with zero attached hydrogens (tertiary/aromatic N) is 1. The Morgan fingerprint density at radius 2 is 1.89 bits per heavy atom. The number of hydrogen-bond acceptors (Lipinski definition) is 6. The van der Waals surface area contributed by atoms with Gasteiger partial charge in [-0.2, -0.15) is 0 Å². The third-order valence-electron chi connectivity index (χ3n) is 5.35. The molecule has 0 radical (unpaired) electrons. The lowest BCUT2D eigenvalue weighted by atomic mass is 9.72. The van der Waals surface area contributed by atoms with Crippen molar-refractivity contribution in [1.82, 2.24) is 4.90 Å². The second kappa shape index (κ2) is 7.45. The average molecular weight is 389 g/mol. The van der Waals surface area contributed by atoms with Crippen LogP contribution in [0.15, 0.2) is 12.1 Å². The van der Waals surface area contributed by atoms with E-state index in [0.717, 1.165) is 24.8 Å². The van der Waals surface area contributed by atoms with Gasteiger partial charge >= 0.3 is 12.1 Å². The van der Waals surface area contributed by atoms with E-state index in [1.54, 1.807) is 11.0 Å². The molecule has 1 amide bonds. The predicted molar refractivity (Wildman–Crippen MR) is 102 cm³/mol. The number of carbonyl (C=O) groups is 3. The van der Waals surface area contributed by atoms with Crippen molar-refractivity contribution in [3.63, 3.8) is 0 Å². The average Bonchev–Trinajstić information content (AvgIpc) is 2.65. The summed E-state index contributed by atoms with van der Waals surface area (Å²) in [7, 11) is 1.28. The van der Waals surface area contributed by atoms with Gasteiger partial charge in [-0.15, -0.1) is 0 Å². The van der Waals surface area contributed by atoms with Crippen LogP contribution in [0.2, 0.25) is 0 Å². The van der Waals surface area contributed by atoms with Crippen LogP contribution in [0, 0.1) is 5.41 Å². The minimum atomic E-state index is -0.574. The Morgan fingerprint density at radius 3 is 2.46 bits per heavy atom. The van der Waals surface area contributed by atoms with Crippen molar-refractivity contribution in [2.45, 2.75) is 45.6 Å². The minimum absolute atomic E-state index is 0.0956. The fourth-order valence-corrected chi connectivity index (χ4v) is 3.85. The van der Waals surface area contributed by atoms with Gasteiger partial charge in [0, 0.05) is 24.1 Å². The molecular formula is C21H27NO6. The number of ether oxygens (including phenoxy) is 3. The Bertz CT molecular complexity index is 787. The molecule has 0 saturated carbocycles. The van der Waals surface area contributed by atoms with Gasteiger partial charge in [-0.05, 0) is 45.6 Å². The molecule has 0 bridgehead atoms. The Balaban J connectivity index is 1.75. The fraction of sp³-hybridized carbons (Fsp3) is 0.571. The summed E-state index contributed by atoms with van der Waals surface area (Å²) in [4.78, 5) is 37.5. The van der Waals surface area contributed by atoms with Gasteiger partial charge in [0.2, 0.25) is 0 Å². The van der Waals surface area contributed by atoms with Crippen LogP contribution in [-0.4, -0.2) is 55.7 Å². The van der Waals surface area contributed by atoms with E-state index < -0.39 is 11.6 Å². The highest BCUT2D eigenvalue weighted by atomic mass is 16.6. The van der Waals surface area contributed by atoms with Gasteiger partial charge in [-0.25, -0.2) is 9.59 Å². The van der Waals surface area contributed by atoms with Crippen molar-refractivity contribution in [2.24, 2.45) is 5.41 Å². The zero-order valence-corrected chi connectivity index (χ0v) is 16.9. The van der Waals surface area contributed by atoms with Gasteiger partial charge in [-0.1, -0.05) is 12.1 Å². The highest BCUT2D eigenvalue weighted by molar-refractivity contribution is 6.01. The number of hydrogen-bond donors (Lipinski definition) is 0. The summed E-state index contributed by atoms with van der Waals surface area (Å²) in [6.07, 6.45) is 2.65. The van der Waals surface area contributed by atoms with Crippen molar-refractivity contribution < 1.29 is 28.6 Å². The van der Waals surface area contributed by atoms with Gasteiger partial charge in [0.05, 0.1) is 13.7 Å². The van der Waals surface area contributed by atoms with Crippen molar-refractivity contribution >= 4 is 18.3 Å². The molecule has 28 heavy (non-hydrogen) atoms. The van der Waals surface area contributed by atoms with Crippen LogP contribution in [0.5, 0.6) is 5.75 Å². The number of esters is 1. The maximum absolute atomic E-state index is 12.3. The first-order chi connectivity index (χ1) is 13.2. The molecule has 0 aliphatic carbocycles. The molecule has 0 N–H and O–H groups in total. The van der Waals surface area contributed by atoms with Gasteiger partial charge in [0.15, 0.2) is 6.29 Å². The van der Waals surface area contributed by atoms with Crippen LogP contribution >= 0.6 is 0 Å². The van der Waals surface area contributed by atoms with Crippen molar-refractivity contribution in [1.29, 1.82) is 0 Å². The SMILES string of the molecule is COC(=O)c1c(C=O)ccc2c1OCC1(CCN(C(=O)OC(C)(C)C)CC1)C2. The zero-order valence-electron chi connectivity index (χ0n) is 16.9. The third kappa shape index (κ3) is 3.98. The molecule has 7 heteroatoms. The smallest absolute Gasteiger partial charge is 0.410 e. The van der Waals surface area contributed by atoms with E-state index in [0.29, 0.717) is 31.7 Å². The van der Waals surface area contributed by atoms with Crippen LogP contribution < -0.4 is 4.74 Å². The molecule has 0 unspecified atom stereocenters. The van der Waals surface area contributed by atoms with E-state index in [9.17, 15) is 14.4 Å². The number of rotatable bonds is 2. The molecule has 3 rings (SSSR count). The highest BCUT2D eigenvalue weighted by Crippen LogP contribution is 2.43. The maximum Gasteiger partial charge on any atom is 0.410 e. The highest BCUT2D eigenvalue weighted by Gasteiger charge is 2.42. The summed E-state index contributed by atoms with van der Waals surface area (Å²) in [6, 6.07) is 3.48. The van der Waals surface area contributed by atoms with E-state index >= 15 is 0 Å². The lowest BCUT2D eigenvalue weighted by Gasteiger charge is -2.44. The lowest BCUT2D eigenvalue weighted by Crippen LogP contribution is -2.49. The monoisotopic (exact) mass is 389 g/mol. The number of methoxy groups -OCH3 is 1. The van der Waals surface area contributed by atoms with Gasteiger partial charge in [-0.3, -0.25) is 4.79 Å². The molecule has 1 spiro atoms. The van der Waals surface area contributed by atoms with Crippen LogP contribution in [0.25, 0.3) is 0 Å². The molecular weight excluding hydrogens is 362 g/mol. The normalized spacial score (nSPS) is 18.1. The maximum atomic E-state index is 12.3. The number of amides is 1. The molecule has 2 heterocycles. The van der Waals surface area contributed by atoms with Crippen LogP contribution in [0.4, 0.5) is 4.79 Å². The second-order valence-electron chi connectivity index (χ2n) is 8.56. The third-order valence-corrected chi connectivity index (χ3v) is 5.35. The van der Waals surface area contributed by atoms with Crippen LogP contribution in [0.3, 0.4) is 0 Å². The quantitative estimate of drug-likeness (QED) is 0.570. The first-order valence-corrected chi connectivity index (χ1v) is 9.48. The molecule has 0 atom stereocenters. The molecule has 2 aliphatic heterocycles. The summed E-state index contributed by atoms with van der Waals surface area (Å²) < 4.78 is 16.3. The lowest BCUT2D eigenvalue weighted by molar-refractivity contribution is -0.00134. The van der Waals surface area contributed by atoms with Crippen LogP contribution in [0.1, 0.15) is 59.9 Å². The largest absolute Gasteiger partial charge is 0.492 e. The molecule has 1 fully saturated rings. The predicted octanol–water partition coefficient (Wildman–Crippen LogP) is 3.24. The molecule has 1 saturated heterocycles. The molecule has 1 aromatic rings. The minimum Gasteiger partial charge on any atom is -0.492 e. The summed E-state index contributed by atoms with van der Waals surface area (Å²) in [6.45, 7) is 7.21. The number of piperidine rings is 1. The van der Waals surface area contributed by atoms with E-state index in [2.05, 4.69) is 0 Å². The standard InChI is InChI=1S/C21H27NO6/c1-20(2,3)28-19(25)22-9-7-21(8-10-22)11-14-5-6-15(12-23)16(18(24)26-4)17(14)27-13-21/h5-6,12H,7-11,13H2,1-4H3. The number of carbonyl (C=O) groups excluding carboxylic acids is 3. The molecule has 152 valence electrons. The Labute approximate surface area is 164 Å². The summed E-state index contributed by atoms with van der Waals surface area (Å²) in [5.74, 6) is -0.133. The molecule has 7 nitrogen and oxygen atoms in total. The van der Waals surface area contributed by atoms with Crippen LogP contribution in [-0.2, 0) is 15.9 Å². The molecule has 2 aliphatic rings. The molecule has 0 aromatic heterocycles. The topological polar surface area (TPSA) is 82.1 Å². The first kappa shape index (κ1) is 20.2. The fourth-order valence-electron chi connectivity index (χ4n) is 3.85. The Kier molecular flexibility index (Phi) is 5.37. The number of fused-ring (bicyclic) bond motifs is 1.